The lowest BCUT2D eigenvalue weighted by Gasteiger charge is -2.17. The third-order valence-corrected chi connectivity index (χ3v) is 5.30. The Morgan fingerprint density at radius 3 is 2.86 bits per heavy atom. The molecule has 0 saturated carbocycles. The summed E-state index contributed by atoms with van der Waals surface area (Å²) in [5, 5.41) is 4.01. The second kappa shape index (κ2) is 7.50. The Balaban J connectivity index is 1.46. The minimum Gasteiger partial charge on any atom is -0.361 e. The van der Waals surface area contributed by atoms with Crippen LogP contribution in [0.2, 0.25) is 0 Å². The van der Waals surface area contributed by atoms with Crippen molar-refractivity contribution in [2.24, 2.45) is 5.92 Å². The van der Waals surface area contributed by atoms with Crippen molar-refractivity contribution in [1.29, 1.82) is 0 Å². The number of aromatic nitrogens is 4. The van der Waals surface area contributed by atoms with Gasteiger partial charge in [0.25, 0.3) is 5.91 Å². The van der Waals surface area contributed by atoms with Gasteiger partial charge >= 0.3 is 0 Å². The van der Waals surface area contributed by atoms with Crippen LogP contribution >= 0.6 is 0 Å². The van der Waals surface area contributed by atoms with Crippen LogP contribution in [0.3, 0.4) is 0 Å². The minimum atomic E-state index is 0.0136. The Morgan fingerprint density at radius 2 is 2.11 bits per heavy atom. The maximum absolute atomic E-state index is 12.8. The quantitative estimate of drug-likeness (QED) is 0.694. The normalized spacial score (nSPS) is 16.5. The molecule has 7 heteroatoms. The van der Waals surface area contributed by atoms with Gasteiger partial charge in [-0.2, -0.15) is 0 Å². The largest absolute Gasteiger partial charge is 0.361 e. The highest BCUT2D eigenvalue weighted by Gasteiger charge is 2.28. The molecule has 4 heterocycles. The maximum Gasteiger partial charge on any atom is 0.272 e. The van der Waals surface area contributed by atoms with Crippen LogP contribution < -0.4 is 0 Å². The van der Waals surface area contributed by atoms with Gasteiger partial charge in [-0.15, -0.1) is 0 Å². The van der Waals surface area contributed by atoms with E-state index < -0.39 is 0 Å². The van der Waals surface area contributed by atoms with Crippen molar-refractivity contribution in [3.63, 3.8) is 0 Å². The third kappa shape index (κ3) is 3.52. The van der Waals surface area contributed by atoms with Gasteiger partial charge in [0, 0.05) is 25.0 Å². The fourth-order valence-electron chi connectivity index (χ4n) is 3.83. The highest BCUT2D eigenvalue weighted by atomic mass is 16.5. The van der Waals surface area contributed by atoms with Crippen molar-refractivity contribution >= 4 is 5.91 Å². The zero-order valence-electron chi connectivity index (χ0n) is 16.3. The van der Waals surface area contributed by atoms with Crippen LogP contribution in [0.4, 0.5) is 0 Å². The summed E-state index contributed by atoms with van der Waals surface area (Å²) in [4.78, 5) is 27.8. The van der Waals surface area contributed by atoms with E-state index in [1.165, 1.54) is 0 Å². The van der Waals surface area contributed by atoms with Gasteiger partial charge in [0.05, 0.1) is 17.0 Å². The van der Waals surface area contributed by atoms with E-state index in [2.05, 4.69) is 20.1 Å². The summed E-state index contributed by atoms with van der Waals surface area (Å²) in [5.41, 5.74) is 5.01. The van der Waals surface area contributed by atoms with Gasteiger partial charge < -0.3 is 9.42 Å². The average Bonchev–Trinajstić information content (AvgIpc) is 3.28. The molecule has 7 nitrogen and oxygen atoms in total. The molecule has 28 heavy (non-hydrogen) atoms. The fraction of sp³-hybridized carbons (Fsp3) is 0.381. The number of amides is 1. The van der Waals surface area contributed by atoms with E-state index in [9.17, 15) is 4.79 Å². The molecule has 144 valence electrons. The molecule has 1 aliphatic rings. The Morgan fingerprint density at radius 1 is 1.25 bits per heavy atom. The molecule has 3 aromatic rings. The van der Waals surface area contributed by atoms with E-state index in [0.717, 1.165) is 59.9 Å². The van der Waals surface area contributed by atoms with Gasteiger partial charge in [0.2, 0.25) is 0 Å². The first kappa shape index (κ1) is 18.3. The molecule has 0 radical (unpaired) electrons. The second-order valence-electron chi connectivity index (χ2n) is 7.37. The number of hydrogen-bond donors (Lipinski definition) is 0. The lowest BCUT2D eigenvalue weighted by molar-refractivity contribution is 0.0780. The first-order valence-corrected chi connectivity index (χ1v) is 9.48. The summed E-state index contributed by atoms with van der Waals surface area (Å²) >= 11 is 0. The lowest BCUT2D eigenvalue weighted by atomic mass is 10.0. The van der Waals surface area contributed by atoms with Crippen LogP contribution in [-0.2, 0) is 6.42 Å². The van der Waals surface area contributed by atoms with E-state index in [1.807, 2.05) is 43.9 Å². The number of carbonyl (C=O) groups is 1. The van der Waals surface area contributed by atoms with Gasteiger partial charge in [-0.3, -0.25) is 9.78 Å². The molecule has 0 N–H and O–H groups in total. The molecule has 1 unspecified atom stereocenters. The van der Waals surface area contributed by atoms with Crippen molar-refractivity contribution in [2.75, 3.05) is 13.1 Å². The molecule has 1 aliphatic heterocycles. The van der Waals surface area contributed by atoms with Crippen LogP contribution in [0.1, 0.15) is 39.6 Å². The standard InChI is InChI=1S/C21H23N5O2/c1-13-5-4-7-22-20(13)21(27)26-8-6-16(11-26)9-17-10-18(24-12-23-17)19-14(2)25-28-15(19)3/h4-5,7,10,12,16H,6,8-9,11H2,1-3H3. The molecule has 1 saturated heterocycles. The monoisotopic (exact) mass is 377 g/mol. The van der Waals surface area contributed by atoms with Crippen LogP contribution in [0, 0.1) is 26.7 Å². The van der Waals surface area contributed by atoms with Crippen LogP contribution in [0.25, 0.3) is 11.3 Å². The summed E-state index contributed by atoms with van der Waals surface area (Å²) in [6.45, 7) is 7.19. The third-order valence-electron chi connectivity index (χ3n) is 5.30. The molecular weight excluding hydrogens is 354 g/mol. The van der Waals surface area contributed by atoms with Crippen molar-refractivity contribution < 1.29 is 9.32 Å². The van der Waals surface area contributed by atoms with Crippen LogP contribution in [0.5, 0.6) is 0 Å². The topological polar surface area (TPSA) is 85.0 Å². The summed E-state index contributed by atoms with van der Waals surface area (Å²) in [7, 11) is 0. The van der Waals surface area contributed by atoms with Gasteiger partial charge in [0.1, 0.15) is 17.8 Å². The molecule has 1 atom stereocenters. The highest BCUT2D eigenvalue weighted by molar-refractivity contribution is 5.93. The summed E-state index contributed by atoms with van der Waals surface area (Å²) < 4.78 is 5.25. The molecule has 0 aromatic carbocycles. The maximum atomic E-state index is 12.8. The number of rotatable bonds is 4. The SMILES string of the molecule is Cc1cccnc1C(=O)N1CCC(Cc2cc(-c3c(C)noc3C)ncn2)C1. The zero-order chi connectivity index (χ0) is 19.7. The molecule has 1 fully saturated rings. The van der Waals surface area contributed by atoms with E-state index in [-0.39, 0.29) is 5.91 Å². The van der Waals surface area contributed by atoms with Crippen LogP contribution in [-0.4, -0.2) is 44.0 Å². The van der Waals surface area contributed by atoms with E-state index >= 15 is 0 Å². The molecular formula is C21H23N5O2. The van der Waals surface area contributed by atoms with Gasteiger partial charge in [-0.25, -0.2) is 9.97 Å². The number of likely N-dealkylation sites (tertiary alicyclic amines) is 1. The first-order chi connectivity index (χ1) is 13.5. The zero-order valence-corrected chi connectivity index (χ0v) is 16.3. The summed E-state index contributed by atoms with van der Waals surface area (Å²) in [6, 6.07) is 5.77. The molecule has 3 aromatic heterocycles. The van der Waals surface area contributed by atoms with Crippen molar-refractivity contribution in [3.8, 4) is 11.3 Å². The van der Waals surface area contributed by atoms with Gasteiger partial charge in [-0.05, 0) is 57.2 Å². The number of nitrogens with zero attached hydrogens (tertiary/aromatic N) is 5. The van der Waals surface area contributed by atoms with Crippen molar-refractivity contribution in [1.82, 2.24) is 25.0 Å². The number of aryl methyl sites for hydroxylation is 3. The predicted molar refractivity (Wildman–Crippen MR) is 104 cm³/mol. The predicted octanol–water partition coefficient (Wildman–Crippen LogP) is 3.16. The first-order valence-electron chi connectivity index (χ1n) is 9.48. The Kier molecular flexibility index (Phi) is 4.90. The number of pyridine rings is 1. The lowest BCUT2D eigenvalue weighted by Crippen LogP contribution is -2.30. The van der Waals surface area contributed by atoms with E-state index in [4.69, 9.17) is 4.52 Å². The molecule has 0 spiro atoms. The minimum absolute atomic E-state index is 0.0136. The van der Waals surface area contributed by atoms with E-state index in [1.54, 1.807) is 12.5 Å². The smallest absolute Gasteiger partial charge is 0.272 e. The van der Waals surface area contributed by atoms with Crippen LogP contribution in [0.15, 0.2) is 35.2 Å². The van der Waals surface area contributed by atoms with Crippen molar-refractivity contribution in [2.45, 2.75) is 33.6 Å². The Bertz CT molecular complexity index is 994. The number of carbonyl (C=O) groups excluding carboxylic acids is 1. The van der Waals surface area contributed by atoms with Gasteiger partial charge in [-0.1, -0.05) is 11.2 Å². The average molecular weight is 377 g/mol. The highest BCUT2D eigenvalue weighted by Crippen LogP contribution is 2.27. The summed E-state index contributed by atoms with van der Waals surface area (Å²) in [5.74, 6) is 1.14. The Hall–Kier alpha value is -3.09. The molecule has 1 amide bonds. The molecule has 0 aliphatic carbocycles. The number of hydrogen-bond acceptors (Lipinski definition) is 6. The second-order valence-corrected chi connectivity index (χ2v) is 7.37. The Labute approximate surface area is 163 Å². The van der Waals surface area contributed by atoms with Crippen molar-refractivity contribution in [3.05, 3.63) is 59.1 Å². The summed E-state index contributed by atoms with van der Waals surface area (Å²) in [6.07, 6.45) is 5.03. The molecule has 4 rings (SSSR count). The van der Waals surface area contributed by atoms with Gasteiger partial charge in [0.15, 0.2) is 0 Å². The molecule has 0 bridgehead atoms. The fourth-order valence-corrected chi connectivity index (χ4v) is 3.83. The van der Waals surface area contributed by atoms with E-state index in [0.29, 0.717) is 11.6 Å².